The molecule has 0 unspecified atom stereocenters. The zero-order chi connectivity index (χ0) is 20.9. The number of aromatic hydroxyl groups is 2. The summed E-state index contributed by atoms with van der Waals surface area (Å²) in [5, 5.41) is 21.8. The van der Waals surface area contributed by atoms with Crippen LogP contribution in [0.4, 0.5) is 5.82 Å². The van der Waals surface area contributed by atoms with Gasteiger partial charge >= 0.3 is 0 Å². The van der Waals surface area contributed by atoms with E-state index in [4.69, 9.17) is 4.98 Å². The number of rotatable bonds is 5. The topological polar surface area (TPSA) is 95.3 Å². The third-order valence-corrected chi connectivity index (χ3v) is 4.54. The Morgan fingerprint density at radius 3 is 2.10 bits per heavy atom. The summed E-state index contributed by atoms with van der Waals surface area (Å²) in [7, 11) is 0. The molecule has 0 saturated carbocycles. The summed E-state index contributed by atoms with van der Waals surface area (Å²) in [6, 6.07) is 22.7. The molecule has 0 spiro atoms. The van der Waals surface area contributed by atoms with Crippen molar-refractivity contribution in [3.05, 3.63) is 90.6 Å². The van der Waals surface area contributed by atoms with E-state index in [-0.39, 0.29) is 23.8 Å². The molecule has 3 N–H and O–H groups in total. The number of hydrogen-bond acceptors (Lipinski definition) is 5. The first-order valence-electron chi connectivity index (χ1n) is 9.38. The molecule has 0 fully saturated rings. The highest BCUT2D eigenvalue weighted by Crippen LogP contribution is 2.29. The van der Waals surface area contributed by atoms with E-state index in [1.165, 1.54) is 0 Å². The first-order chi connectivity index (χ1) is 14.6. The molecule has 1 aromatic heterocycles. The van der Waals surface area contributed by atoms with E-state index in [0.29, 0.717) is 17.2 Å². The smallest absolute Gasteiger partial charge is 0.230 e. The van der Waals surface area contributed by atoms with Crippen molar-refractivity contribution in [2.75, 3.05) is 5.32 Å². The molecule has 4 aromatic rings. The molecule has 4 rings (SSSR count). The molecule has 0 atom stereocenters. The van der Waals surface area contributed by atoms with Crippen LogP contribution in [0.5, 0.6) is 11.5 Å². The Labute approximate surface area is 173 Å². The van der Waals surface area contributed by atoms with Gasteiger partial charge in [0.1, 0.15) is 17.2 Å². The van der Waals surface area contributed by atoms with Gasteiger partial charge in [0.2, 0.25) is 5.91 Å². The van der Waals surface area contributed by atoms with Crippen molar-refractivity contribution in [2.45, 2.75) is 6.42 Å². The number of nitrogens with one attached hydrogen (secondary N) is 1. The maximum atomic E-state index is 12.6. The van der Waals surface area contributed by atoms with Gasteiger partial charge in [0.15, 0.2) is 5.82 Å². The number of phenols is 2. The molecule has 0 radical (unpaired) electrons. The molecule has 6 heteroatoms. The largest absolute Gasteiger partial charge is 0.508 e. The van der Waals surface area contributed by atoms with Crippen LogP contribution in [0, 0.1) is 0 Å². The maximum Gasteiger partial charge on any atom is 0.230 e. The monoisotopic (exact) mass is 397 g/mol. The van der Waals surface area contributed by atoms with Crippen molar-refractivity contribution >= 4 is 11.7 Å². The molecule has 6 nitrogen and oxygen atoms in total. The number of aromatic nitrogens is 2. The highest BCUT2D eigenvalue weighted by molar-refractivity contribution is 5.94. The first-order valence-corrected chi connectivity index (χ1v) is 9.38. The quantitative estimate of drug-likeness (QED) is 0.464. The number of carbonyl (C=O) groups is 1. The zero-order valence-electron chi connectivity index (χ0n) is 16.0. The average Bonchev–Trinajstić information content (AvgIpc) is 2.77. The van der Waals surface area contributed by atoms with Crippen LogP contribution in [0.15, 0.2) is 85.1 Å². The van der Waals surface area contributed by atoms with Gasteiger partial charge in [0.25, 0.3) is 0 Å². The minimum absolute atomic E-state index is 0.136. The number of nitrogens with zero attached hydrogens (tertiary/aromatic N) is 2. The van der Waals surface area contributed by atoms with Gasteiger partial charge in [0, 0.05) is 11.1 Å². The molecule has 30 heavy (non-hydrogen) atoms. The third kappa shape index (κ3) is 4.44. The van der Waals surface area contributed by atoms with Gasteiger partial charge in [-0.25, -0.2) is 9.97 Å². The Bertz CT molecular complexity index is 1160. The molecule has 3 aromatic carbocycles. The molecule has 148 valence electrons. The van der Waals surface area contributed by atoms with Gasteiger partial charge in [-0.15, -0.1) is 0 Å². The van der Waals surface area contributed by atoms with Crippen molar-refractivity contribution in [1.82, 2.24) is 9.97 Å². The molecular weight excluding hydrogens is 378 g/mol. The van der Waals surface area contributed by atoms with Gasteiger partial charge in [0.05, 0.1) is 18.3 Å². The second-order valence-corrected chi connectivity index (χ2v) is 6.76. The average molecular weight is 397 g/mol. The van der Waals surface area contributed by atoms with Gasteiger partial charge < -0.3 is 15.5 Å². The Morgan fingerprint density at radius 1 is 0.800 bits per heavy atom. The molecule has 0 aliphatic rings. The molecule has 1 heterocycles. The van der Waals surface area contributed by atoms with Crippen LogP contribution in [-0.4, -0.2) is 26.1 Å². The normalized spacial score (nSPS) is 10.5. The Balaban J connectivity index is 1.66. The van der Waals surface area contributed by atoms with Crippen LogP contribution in [0.2, 0.25) is 0 Å². The van der Waals surface area contributed by atoms with E-state index in [1.54, 1.807) is 54.7 Å². The van der Waals surface area contributed by atoms with Crippen LogP contribution < -0.4 is 5.32 Å². The maximum absolute atomic E-state index is 12.6. The number of benzene rings is 3. The predicted molar refractivity (Wildman–Crippen MR) is 115 cm³/mol. The number of anilines is 1. The highest BCUT2D eigenvalue weighted by atomic mass is 16.3. The summed E-state index contributed by atoms with van der Waals surface area (Å²) in [6.45, 7) is 0. The lowest BCUT2D eigenvalue weighted by Crippen LogP contribution is -2.16. The number of amides is 1. The van der Waals surface area contributed by atoms with E-state index >= 15 is 0 Å². The van der Waals surface area contributed by atoms with Gasteiger partial charge in [-0.3, -0.25) is 4.79 Å². The standard InChI is InChI=1S/C24H19N3O3/c28-19-10-6-16(7-11-19)14-22(30)27-24-23(18-8-12-20(29)13-9-18)26-21(15-25-24)17-4-2-1-3-5-17/h1-13,15,28-29H,14H2,(H,25,27,30). The summed E-state index contributed by atoms with van der Waals surface area (Å²) in [5.41, 5.74) is 3.58. The summed E-state index contributed by atoms with van der Waals surface area (Å²) in [5.74, 6) is 0.381. The van der Waals surface area contributed by atoms with Gasteiger partial charge in [-0.1, -0.05) is 42.5 Å². The Hall–Kier alpha value is -4.19. The molecule has 0 aliphatic carbocycles. The lowest BCUT2D eigenvalue weighted by molar-refractivity contribution is -0.115. The van der Waals surface area contributed by atoms with Crippen LogP contribution in [0.25, 0.3) is 22.5 Å². The van der Waals surface area contributed by atoms with E-state index in [0.717, 1.165) is 16.7 Å². The fourth-order valence-electron chi connectivity index (χ4n) is 3.02. The predicted octanol–water partition coefficient (Wildman–Crippen LogP) is 4.40. The molecular formula is C24H19N3O3. The van der Waals surface area contributed by atoms with E-state index in [9.17, 15) is 15.0 Å². The van der Waals surface area contributed by atoms with Crippen LogP contribution in [0.3, 0.4) is 0 Å². The molecule has 0 saturated heterocycles. The third-order valence-electron chi connectivity index (χ3n) is 4.54. The lowest BCUT2D eigenvalue weighted by Gasteiger charge is -2.12. The minimum Gasteiger partial charge on any atom is -0.508 e. The first kappa shape index (κ1) is 19.1. The lowest BCUT2D eigenvalue weighted by atomic mass is 10.1. The fourth-order valence-corrected chi connectivity index (χ4v) is 3.02. The molecule has 0 bridgehead atoms. The number of carbonyl (C=O) groups excluding carboxylic acids is 1. The highest BCUT2D eigenvalue weighted by Gasteiger charge is 2.14. The second kappa shape index (κ2) is 8.45. The van der Waals surface area contributed by atoms with Crippen molar-refractivity contribution in [1.29, 1.82) is 0 Å². The molecule has 1 amide bonds. The van der Waals surface area contributed by atoms with E-state index in [2.05, 4.69) is 10.3 Å². The van der Waals surface area contributed by atoms with Gasteiger partial charge in [-0.2, -0.15) is 0 Å². The summed E-state index contributed by atoms with van der Waals surface area (Å²) in [6.07, 6.45) is 1.76. The van der Waals surface area contributed by atoms with E-state index in [1.807, 2.05) is 30.3 Å². The SMILES string of the molecule is O=C(Cc1ccc(O)cc1)Nc1ncc(-c2ccccc2)nc1-c1ccc(O)cc1. The van der Waals surface area contributed by atoms with Crippen LogP contribution >= 0.6 is 0 Å². The Morgan fingerprint density at radius 2 is 1.43 bits per heavy atom. The van der Waals surface area contributed by atoms with Crippen molar-refractivity contribution < 1.29 is 15.0 Å². The van der Waals surface area contributed by atoms with Crippen molar-refractivity contribution in [3.8, 4) is 34.0 Å². The fraction of sp³-hybridized carbons (Fsp3) is 0.0417. The van der Waals surface area contributed by atoms with Gasteiger partial charge in [-0.05, 0) is 42.0 Å². The van der Waals surface area contributed by atoms with Crippen LogP contribution in [-0.2, 0) is 11.2 Å². The Kier molecular flexibility index (Phi) is 5.39. The number of hydrogen-bond donors (Lipinski definition) is 3. The number of phenolic OH excluding ortho intramolecular Hbond substituents is 2. The minimum atomic E-state index is -0.248. The van der Waals surface area contributed by atoms with Crippen molar-refractivity contribution in [3.63, 3.8) is 0 Å². The van der Waals surface area contributed by atoms with Crippen LogP contribution in [0.1, 0.15) is 5.56 Å². The van der Waals surface area contributed by atoms with Crippen molar-refractivity contribution in [2.24, 2.45) is 0 Å². The summed E-state index contributed by atoms with van der Waals surface area (Å²) < 4.78 is 0. The summed E-state index contributed by atoms with van der Waals surface area (Å²) in [4.78, 5) is 21.8. The second-order valence-electron chi connectivity index (χ2n) is 6.76. The zero-order valence-corrected chi connectivity index (χ0v) is 16.0. The summed E-state index contributed by atoms with van der Waals surface area (Å²) >= 11 is 0. The molecule has 0 aliphatic heterocycles. The van der Waals surface area contributed by atoms with E-state index < -0.39 is 0 Å².